The Kier molecular flexibility index (Phi) is 6.52. The minimum Gasteiger partial charge on any atom is -0.480 e. The van der Waals surface area contributed by atoms with Crippen molar-refractivity contribution in [1.29, 1.82) is 0 Å². The summed E-state index contributed by atoms with van der Waals surface area (Å²) in [5.74, 6) is -2.32. The van der Waals surface area contributed by atoms with Crippen LogP contribution in [0.4, 0.5) is 4.79 Å². The maximum atomic E-state index is 11.7. The van der Waals surface area contributed by atoms with Crippen molar-refractivity contribution in [2.24, 2.45) is 0 Å². The molecule has 2 heterocycles. The molecule has 4 atom stereocenters. The van der Waals surface area contributed by atoms with Gasteiger partial charge in [0, 0.05) is 17.4 Å². The van der Waals surface area contributed by atoms with Crippen LogP contribution in [0, 0.1) is 0 Å². The highest BCUT2D eigenvalue weighted by Gasteiger charge is 2.42. The topological polar surface area (TPSA) is 162 Å². The van der Waals surface area contributed by atoms with E-state index in [0.29, 0.717) is 6.42 Å². The Morgan fingerprint density at radius 2 is 2.04 bits per heavy atom. The van der Waals surface area contributed by atoms with E-state index >= 15 is 0 Å². The van der Waals surface area contributed by atoms with E-state index in [2.05, 4.69) is 16.0 Å². The van der Waals surface area contributed by atoms with Crippen molar-refractivity contribution in [1.82, 2.24) is 16.0 Å². The monoisotopic (exact) mass is 395 g/mol. The minimum atomic E-state index is -4.50. The maximum absolute atomic E-state index is 11.7. The molecule has 3 amide bonds. The van der Waals surface area contributed by atoms with Crippen LogP contribution < -0.4 is 16.0 Å². The van der Waals surface area contributed by atoms with Crippen LogP contribution in [-0.4, -0.2) is 70.9 Å². The largest absolute Gasteiger partial charge is 0.480 e. The molecular formula is C13H21N3O7S2. The number of rotatable bonds is 9. The lowest BCUT2D eigenvalue weighted by molar-refractivity contribution is -0.141. The number of carbonyl (C=O) groups is 3. The summed E-state index contributed by atoms with van der Waals surface area (Å²) in [6.07, 6.45) is 2.11. The first-order chi connectivity index (χ1) is 11.7. The second kappa shape index (κ2) is 8.23. The minimum absolute atomic E-state index is 0.0609. The number of carbonyl (C=O) groups excluding carboxylic acids is 2. The van der Waals surface area contributed by atoms with E-state index in [4.69, 9.17) is 9.66 Å². The van der Waals surface area contributed by atoms with Gasteiger partial charge in [-0.15, -0.1) is 0 Å². The van der Waals surface area contributed by atoms with Crippen molar-refractivity contribution < 1.29 is 32.5 Å². The highest BCUT2D eigenvalue weighted by molar-refractivity contribution is 8.00. The number of aliphatic carboxylic acids is 1. The van der Waals surface area contributed by atoms with Gasteiger partial charge in [-0.05, 0) is 12.8 Å². The lowest BCUT2D eigenvalue weighted by atomic mass is 10.0. The SMILES string of the molecule is O=C(CCCC[C@@H]1SC[C@@H]2NC(=O)N[C@@H]21)NC(CS(=O)(=O)O)C(=O)O. The van der Waals surface area contributed by atoms with E-state index in [1.165, 1.54) is 0 Å². The molecule has 0 bridgehead atoms. The van der Waals surface area contributed by atoms with Crippen LogP contribution in [0.3, 0.4) is 0 Å². The van der Waals surface area contributed by atoms with Crippen LogP contribution in [0.15, 0.2) is 0 Å². The summed E-state index contributed by atoms with van der Waals surface area (Å²) in [6, 6.07) is -1.59. The van der Waals surface area contributed by atoms with Crippen molar-refractivity contribution >= 4 is 39.8 Å². The second-order valence-electron chi connectivity index (χ2n) is 6.07. The number of carboxylic acids is 1. The molecule has 0 saturated carbocycles. The maximum Gasteiger partial charge on any atom is 0.327 e. The molecule has 25 heavy (non-hydrogen) atoms. The number of nitrogens with one attached hydrogen (secondary N) is 3. The molecule has 142 valence electrons. The van der Waals surface area contributed by atoms with Crippen LogP contribution in [0.25, 0.3) is 0 Å². The summed E-state index contributed by atoms with van der Waals surface area (Å²) >= 11 is 1.77. The van der Waals surface area contributed by atoms with Gasteiger partial charge in [-0.2, -0.15) is 20.2 Å². The van der Waals surface area contributed by atoms with Crippen LogP contribution >= 0.6 is 11.8 Å². The number of unbranched alkanes of at least 4 members (excludes halogenated alkanes) is 1. The van der Waals surface area contributed by atoms with Gasteiger partial charge >= 0.3 is 12.0 Å². The Bertz CT molecular complexity index is 640. The predicted octanol–water partition coefficient (Wildman–Crippen LogP) is -0.831. The zero-order valence-electron chi connectivity index (χ0n) is 13.3. The molecule has 2 saturated heterocycles. The average Bonchev–Trinajstić information content (AvgIpc) is 3.01. The molecule has 0 spiro atoms. The average molecular weight is 395 g/mol. The third-order valence-electron chi connectivity index (χ3n) is 4.09. The number of hydrogen-bond acceptors (Lipinski definition) is 6. The van der Waals surface area contributed by atoms with Gasteiger partial charge in [0.2, 0.25) is 5.91 Å². The van der Waals surface area contributed by atoms with E-state index in [-0.39, 0.29) is 29.8 Å². The van der Waals surface area contributed by atoms with Crippen molar-refractivity contribution in [2.45, 2.75) is 49.1 Å². The number of urea groups is 1. The highest BCUT2D eigenvalue weighted by Crippen LogP contribution is 2.33. The first kappa shape index (κ1) is 19.8. The fourth-order valence-electron chi connectivity index (χ4n) is 2.93. The molecule has 0 aromatic carbocycles. The molecule has 2 rings (SSSR count). The lowest BCUT2D eigenvalue weighted by Gasteiger charge is -2.16. The molecular weight excluding hydrogens is 374 g/mol. The summed E-state index contributed by atoms with van der Waals surface area (Å²) in [7, 11) is -4.50. The number of thioether (sulfide) groups is 1. The van der Waals surface area contributed by atoms with Gasteiger partial charge in [0.15, 0.2) is 0 Å². The molecule has 0 aliphatic carbocycles. The van der Waals surface area contributed by atoms with E-state index in [1.54, 1.807) is 11.8 Å². The van der Waals surface area contributed by atoms with Gasteiger partial charge in [-0.3, -0.25) is 9.35 Å². The van der Waals surface area contributed by atoms with E-state index in [9.17, 15) is 22.8 Å². The molecule has 2 aliphatic rings. The van der Waals surface area contributed by atoms with Gasteiger partial charge in [-0.25, -0.2) is 9.59 Å². The van der Waals surface area contributed by atoms with Crippen LogP contribution in [0.1, 0.15) is 25.7 Å². The summed E-state index contributed by atoms with van der Waals surface area (Å²) in [4.78, 5) is 33.9. The second-order valence-corrected chi connectivity index (χ2v) is 8.84. The van der Waals surface area contributed by atoms with Gasteiger partial charge < -0.3 is 21.1 Å². The van der Waals surface area contributed by atoms with Crippen molar-refractivity contribution in [2.75, 3.05) is 11.5 Å². The third-order valence-corrected chi connectivity index (χ3v) is 6.35. The Morgan fingerprint density at radius 1 is 1.32 bits per heavy atom. The van der Waals surface area contributed by atoms with Gasteiger partial charge in [0.25, 0.3) is 10.1 Å². The van der Waals surface area contributed by atoms with E-state index < -0.39 is 33.8 Å². The fourth-order valence-corrected chi connectivity index (χ4v) is 5.12. The third kappa shape index (κ3) is 6.04. The summed E-state index contributed by atoms with van der Waals surface area (Å²) in [5, 5.41) is 17.0. The standard InChI is InChI=1S/C13H21N3O7S2/c17-10(14-8(12(18)19)6-25(21,22)23)4-2-1-3-9-11-7(5-24-9)15-13(20)16-11/h7-9,11H,1-6H2,(H,14,17)(H,18,19)(H2,15,16,20)(H,21,22,23)/t7-,8?,9-,11-/m0/s1. The molecule has 12 heteroatoms. The van der Waals surface area contributed by atoms with Crippen molar-refractivity contribution in [3.8, 4) is 0 Å². The Balaban J connectivity index is 1.68. The number of fused-ring (bicyclic) bond motifs is 1. The van der Waals surface area contributed by atoms with Crippen LogP contribution in [0.5, 0.6) is 0 Å². The number of carboxylic acid groups (broad SMARTS) is 1. The zero-order valence-corrected chi connectivity index (χ0v) is 14.9. The normalized spacial score (nSPS) is 26.4. The molecule has 10 nitrogen and oxygen atoms in total. The Hall–Kier alpha value is -1.53. The van der Waals surface area contributed by atoms with Crippen molar-refractivity contribution in [3.63, 3.8) is 0 Å². The molecule has 0 aromatic heterocycles. The van der Waals surface area contributed by atoms with E-state index in [1.807, 2.05) is 0 Å². The van der Waals surface area contributed by atoms with Gasteiger partial charge in [0.05, 0.1) is 12.1 Å². The summed E-state index contributed by atoms with van der Waals surface area (Å²) in [5.41, 5.74) is 0. The fraction of sp³-hybridized carbons (Fsp3) is 0.769. The number of amides is 3. The lowest BCUT2D eigenvalue weighted by Crippen LogP contribution is -2.45. The van der Waals surface area contributed by atoms with Gasteiger partial charge in [0.1, 0.15) is 11.8 Å². The smallest absolute Gasteiger partial charge is 0.327 e. The molecule has 0 radical (unpaired) electrons. The quantitative estimate of drug-likeness (QED) is 0.192. The molecule has 0 aromatic rings. The molecule has 5 N–H and O–H groups in total. The molecule has 2 aliphatic heterocycles. The molecule has 1 unspecified atom stereocenters. The summed E-state index contributed by atoms with van der Waals surface area (Å²) < 4.78 is 30.2. The van der Waals surface area contributed by atoms with E-state index in [0.717, 1.165) is 18.6 Å². The van der Waals surface area contributed by atoms with Gasteiger partial charge in [-0.1, -0.05) is 6.42 Å². The predicted molar refractivity (Wildman–Crippen MR) is 89.9 cm³/mol. The molecule has 2 fully saturated rings. The highest BCUT2D eigenvalue weighted by atomic mass is 32.2. The first-order valence-electron chi connectivity index (χ1n) is 7.81. The number of hydrogen-bond donors (Lipinski definition) is 5. The van der Waals surface area contributed by atoms with Crippen LogP contribution in [-0.2, 0) is 19.7 Å². The zero-order chi connectivity index (χ0) is 18.6. The van der Waals surface area contributed by atoms with Crippen molar-refractivity contribution in [3.05, 3.63) is 0 Å². The Morgan fingerprint density at radius 3 is 2.68 bits per heavy atom. The first-order valence-corrected chi connectivity index (χ1v) is 10.5. The van der Waals surface area contributed by atoms with Crippen LogP contribution in [0.2, 0.25) is 0 Å². The Labute approximate surface area is 149 Å². The summed E-state index contributed by atoms with van der Waals surface area (Å²) in [6.45, 7) is 0.